The molecule has 2 aromatic rings. The second-order valence-corrected chi connectivity index (χ2v) is 8.85. The van der Waals surface area contributed by atoms with Crippen LogP contribution < -0.4 is 5.32 Å². The van der Waals surface area contributed by atoms with Gasteiger partial charge in [-0.25, -0.2) is 5.06 Å². The highest BCUT2D eigenvalue weighted by Gasteiger charge is 2.62. The molecule has 0 aromatic heterocycles. The lowest BCUT2D eigenvalue weighted by molar-refractivity contribution is -0.275. The first-order valence-electron chi connectivity index (χ1n) is 10.0. The van der Waals surface area contributed by atoms with E-state index in [0.717, 1.165) is 17.2 Å². The van der Waals surface area contributed by atoms with E-state index in [1.807, 2.05) is 0 Å². The van der Waals surface area contributed by atoms with E-state index in [9.17, 15) is 22.8 Å². The molecule has 7 nitrogen and oxygen atoms in total. The quantitative estimate of drug-likeness (QED) is 0.654. The number of alkyl halides is 3. The number of nitrogens with zero attached hydrogens (tertiary/aromatic N) is 2. The van der Waals surface area contributed by atoms with Crippen molar-refractivity contribution in [3.63, 3.8) is 0 Å². The number of carbonyl (C=O) groups excluding carboxylic acids is 2. The van der Waals surface area contributed by atoms with Crippen molar-refractivity contribution in [3.05, 3.63) is 68.7 Å². The van der Waals surface area contributed by atoms with Gasteiger partial charge in [0.25, 0.3) is 17.4 Å². The normalized spacial score (nSPS) is 22.6. The van der Waals surface area contributed by atoms with Crippen molar-refractivity contribution in [1.29, 1.82) is 0 Å². The van der Waals surface area contributed by atoms with Crippen LogP contribution in [-0.2, 0) is 20.1 Å². The van der Waals surface area contributed by atoms with Gasteiger partial charge in [0.1, 0.15) is 12.6 Å². The molecule has 0 spiro atoms. The Hall–Kier alpha value is -2.82. The third kappa shape index (κ3) is 4.33. The Morgan fingerprint density at radius 1 is 1.21 bits per heavy atom. The maximum atomic E-state index is 14.2. The van der Waals surface area contributed by atoms with Gasteiger partial charge in [-0.15, -0.1) is 0 Å². The average molecular weight is 516 g/mol. The van der Waals surface area contributed by atoms with Gasteiger partial charge in [0, 0.05) is 34.6 Å². The van der Waals surface area contributed by atoms with Crippen LogP contribution >= 0.6 is 23.2 Å². The molecular weight excluding hydrogens is 498 g/mol. The highest BCUT2D eigenvalue weighted by atomic mass is 35.5. The zero-order valence-electron chi connectivity index (χ0n) is 17.9. The van der Waals surface area contributed by atoms with E-state index in [1.165, 1.54) is 31.3 Å². The Morgan fingerprint density at radius 2 is 1.88 bits per heavy atom. The minimum atomic E-state index is -4.82. The standard InChI is InChI=1S/C22H18Cl2F3N3O4/c1-11-5-12(3-4-16(11)19(31)28-18-10-33-30(2)20(18)32)17-9-21(34-29-17,22(25,26)27)13-6-14(23)8-15(24)7-13/h3-8,18H,9-10H2,1-2H3,(H,28,31)/t18-,21?/m1/s1. The molecule has 0 aliphatic carbocycles. The van der Waals surface area contributed by atoms with Crippen LogP contribution in [0.2, 0.25) is 10.0 Å². The molecule has 12 heteroatoms. The summed E-state index contributed by atoms with van der Waals surface area (Å²) in [7, 11) is 1.44. The maximum Gasteiger partial charge on any atom is 0.435 e. The fourth-order valence-electron chi connectivity index (χ4n) is 3.82. The third-order valence-electron chi connectivity index (χ3n) is 5.67. The Labute approximate surface area is 202 Å². The molecule has 2 atom stereocenters. The van der Waals surface area contributed by atoms with Crippen LogP contribution in [-0.4, -0.2) is 48.5 Å². The van der Waals surface area contributed by atoms with Gasteiger partial charge in [0.05, 0.1) is 5.71 Å². The number of amides is 2. The summed E-state index contributed by atoms with van der Waals surface area (Å²) in [5, 5.41) is 7.42. The molecule has 34 heavy (non-hydrogen) atoms. The minimum Gasteiger partial charge on any atom is -0.374 e. The Morgan fingerprint density at radius 3 is 2.44 bits per heavy atom. The van der Waals surface area contributed by atoms with Crippen LogP contribution in [0.1, 0.15) is 33.5 Å². The maximum absolute atomic E-state index is 14.2. The first kappa shape index (κ1) is 24.3. The molecule has 1 unspecified atom stereocenters. The summed E-state index contributed by atoms with van der Waals surface area (Å²) in [6, 6.07) is 7.25. The lowest BCUT2D eigenvalue weighted by Crippen LogP contribution is -2.42. The number of oxime groups is 1. The van der Waals surface area contributed by atoms with Crippen molar-refractivity contribution in [2.45, 2.75) is 31.2 Å². The Balaban J connectivity index is 1.58. The molecule has 1 saturated heterocycles. The van der Waals surface area contributed by atoms with E-state index in [4.69, 9.17) is 32.9 Å². The summed E-state index contributed by atoms with van der Waals surface area (Å²) < 4.78 is 42.5. The fourth-order valence-corrected chi connectivity index (χ4v) is 4.35. The van der Waals surface area contributed by atoms with Gasteiger partial charge in [0.2, 0.25) is 0 Å². The van der Waals surface area contributed by atoms with E-state index in [-0.39, 0.29) is 39.4 Å². The van der Waals surface area contributed by atoms with Gasteiger partial charge in [-0.05, 0) is 48.4 Å². The lowest BCUT2D eigenvalue weighted by Gasteiger charge is -2.29. The topological polar surface area (TPSA) is 80.2 Å². The molecule has 2 aliphatic rings. The van der Waals surface area contributed by atoms with Gasteiger partial charge in [-0.2, -0.15) is 13.2 Å². The van der Waals surface area contributed by atoms with E-state index in [2.05, 4.69) is 10.5 Å². The number of hydrogen-bond acceptors (Lipinski definition) is 5. The first-order valence-corrected chi connectivity index (χ1v) is 10.8. The van der Waals surface area contributed by atoms with E-state index in [0.29, 0.717) is 11.1 Å². The number of nitrogens with one attached hydrogen (secondary N) is 1. The van der Waals surface area contributed by atoms with Crippen LogP contribution in [0.25, 0.3) is 0 Å². The Kier molecular flexibility index (Phi) is 6.26. The summed E-state index contributed by atoms with van der Waals surface area (Å²) in [4.78, 5) is 34.6. The van der Waals surface area contributed by atoms with Gasteiger partial charge in [0.15, 0.2) is 0 Å². The lowest BCUT2D eigenvalue weighted by atomic mass is 9.86. The molecule has 2 aromatic carbocycles. The number of aryl methyl sites for hydroxylation is 1. The van der Waals surface area contributed by atoms with Gasteiger partial charge in [-0.3, -0.25) is 14.4 Å². The molecule has 2 amide bonds. The largest absolute Gasteiger partial charge is 0.435 e. The smallest absolute Gasteiger partial charge is 0.374 e. The van der Waals surface area contributed by atoms with Crippen molar-refractivity contribution in [2.24, 2.45) is 5.16 Å². The molecule has 0 saturated carbocycles. The summed E-state index contributed by atoms with van der Waals surface area (Å²) in [6.45, 7) is 1.64. The van der Waals surface area contributed by atoms with Gasteiger partial charge in [-0.1, -0.05) is 34.4 Å². The predicted octanol–water partition coefficient (Wildman–Crippen LogP) is 4.39. The van der Waals surface area contributed by atoms with Crippen molar-refractivity contribution in [1.82, 2.24) is 10.4 Å². The minimum absolute atomic E-state index is 0.0133. The first-order chi connectivity index (χ1) is 15.9. The summed E-state index contributed by atoms with van der Waals surface area (Å²) in [6.07, 6.45) is -5.43. The van der Waals surface area contributed by atoms with Crippen LogP contribution in [0, 0.1) is 6.92 Å². The van der Waals surface area contributed by atoms with Crippen LogP contribution in [0.3, 0.4) is 0 Å². The van der Waals surface area contributed by atoms with Crippen LogP contribution in [0.5, 0.6) is 0 Å². The average Bonchev–Trinajstić information content (AvgIpc) is 3.33. The summed E-state index contributed by atoms with van der Waals surface area (Å²) in [5.41, 5.74) is -1.88. The second-order valence-electron chi connectivity index (χ2n) is 7.98. The number of hydrogen-bond donors (Lipinski definition) is 1. The molecule has 4 rings (SSSR count). The molecule has 2 heterocycles. The fraction of sp³-hybridized carbons (Fsp3) is 0.318. The zero-order chi connectivity index (χ0) is 24.8. The molecule has 1 N–H and O–H groups in total. The Bertz CT molecular complexity index is 1180. The molecule has 0 radical (unpaired) electrons. The number of rotatable bonds is 4. The van der Waals surface area contributed by atoms with E-state index >= 15 is 0 Å². The molecule has 2 aliphatic heterocycles. The predicted molar refractivity (Wildman–Crippen MR) is 118 cm³/mol. The SMILES string of the molecule is Cc1cc(C2=NOC(c3cc(Cl)cc(Cl)c3)(C(F)(F)F)C2)ccc1C(=O)N[C@@H]1CON(C)C1=O. The highest BCUT2D eigenvalue weighted by Crippen LogP contribution is 2.49. The monoisotopic (exact) mass is 515 g/mol. The van der Waals surface area contributed by atoms with Crippen LogP contribution in [0.15, 0.2) is 41.6 Å². The number of hydroxylamine groups is 2. The number of halogens is 5. The van der Waals surface area contributed by atoms with E-state index < -0.39 is 30.1 Å². The molecule has 0 bridgehead atoms. The number of likely N-dealkylation sites (N-methyl/N-ethyl adjacent to an activating group) is 1. The summed E-state index contributed by atoms with van der Waals surface area (Å²) >= 11 is 11.9. The van der Waals surface area contributed by atoms with Gasteiger partial charge >= 0.3 is 6.18 Å². The van der Waals surface area contributed by atoms with Crippen molar-refractivity contribution >= 4 is 40.7 Å². The molecule has 1 fully saturated rings. The van der Waals surface area contributed by atoms with Gasteiger partial charge < -0.3 is 10.2 Å². The highest BCUT2D eigenvalue weighted by molar-refractivity contribution is 6.34. The van der Waals surface area contributed by atoms with Crippen molar-refractivity contribution in [2.75, 3.05) is 13.7 Å². The van der Waals surface area contributed by atoms with E-state index in [1.54, 1.807) is 6.92 Å². The zero-order valence-corrected chi connectivity index (χ0v) is 19.4. The second kappa shape index (κ2) is 8.75. The molecule has 180 valence electrons. The van der Waals surface area contributed by atoms with Crippen molar-refractivity contribution in [3.8, 4) is 0 Å². The molecular formula is C22H18Cl2F3N3O4. The summed E-state index contributed by atoms with van der Waals surface area (Å²) in [5.74, 6) is -0.895. The van der Waals surface area contributed by atoms with Crippen molar-refractivity contribution < 1.29 is 32.4 Å². The third-order valence-corrected chi connectivity index (χ3v) is 6.10. The number of benzene rings is 2. The van der Waals surface area contributed by atoms with Crippen LogP contribution in [0.4, 0.5) is 13.2 Å². The number of carbonyl (C=O) groups is 2.